The van der Waals surface area contributed by atoms with E-state index < -0.39 is 18.1 Å². The molecular weight excluding hydrogens is 307 g/mol. The van der Waals surface area contributed by atoms with Crippen molar-refractivity contribution in [1.29, 1.82) is 5.26 Å². The fraction of sp³-hybridized carbons (Fsp3) is 0.333. The highest BCUT2D eigenvalue weighted by atomic mass is 19.4. The first-order valence-electron chi connectivity index (χ1n) is 5.66. The van der Waals surface area contributed by atoms with Gasteiger partial charge < -0.3 is 15.1 Å². The summed E-state index contributed by atoms with van der Waals surface area (Å²) in [4.78, 5) is 24.8. The number of halogens is 3. The quantitative estimate of drug-likeness (QED) is 0.864. The molecule has 0 radical (unpaired) electrons. The molecule has 0 aromatic carbocycles. The second-order valence-corrected chi connectivity index (χ2v) is 3.87. The molecule has 0 aliphatic carbocycles. The average Bonchev–Trinajstić information content (AvgIpc) is 2.44. The van der Waals surface area contributed by atoms with Crippen LogP contribution < -0.4 is 4.90 Å². The highest BCUT2D eigenvalue weighted by molar-refractivity contribution is 5.73. The van der Waals surface area contributed by atoms with E-state index in [1.807, 2.05) is 6.07 Å². The van der Waals surface area contributed by atoms with Gasteiger partial charge in [0.2, 0.25) is 0 Å². The van der Waals surface area contributed by atoms with Gasteiger partial charge in [0.25, 0.3) is 0 Å². The third kappa shape index (κ3) is 7.09. The Balaban J connectivity index is 0.000000534. The zero-order valence-electron chi connectivity index (χ0n) is 11.3. The highest BCUT2D eigenvalue weighted by Gasteiger charge is 2.38. The van der Waals surface area contributed by atoms with E-state index in [2.05, 4.69) is 4.98 Å². The number of hydrogen-bond donors (Lipinski definition) is 2. The number of carboxylic acid groups (broad SMARTS) is 2. The first-order valence-corrected chi connectivity index (χ1v) is 5.66. The van der Waals surface area contributed by atoms with E-state index in [9.17, 15) is 18.0 Å². The minimum absolute atomic E-state index is 0.0453. The number of nitrogens with zero attached hydrogens (tertiary/aromatic N) is 3. The number of carbonyl (C=O) groups is 2. The maximum atomic E-state index is 10.6. The topological polar surface area (TPSA) is 115 Å². The van der Waals surface area contributed by atoms with E-state index in [0.29, 0.717) is 17.8 Å². The summed E-state index contributed by atoms with van der Waals surface area (Å²) in [6.07, 6.45) is -2.00. The van der Waals surface area contributed by atoms with E-state index in [0.717, 1.165) is 0 Å². The summed E-state index contributed by atoms with van der Waals surface area (Å²) in [5.74, 6) is -3.61. The molecule has 1 aromatic rings. The molecule has 7 nitrogen and oxygen atoms in total. The first-order chi connectivity index (χ1) is 10.1. The molecule has 22 heavy (non-hydrogen) atoms. The summed E-state index contributed by atoms with van der Waals surface area (Å²) in [5.41, 5.74) is 1.15. The maximum absolute atomic E-state index is 10.6. The van der Waals surface area contributed by atoms with Crippen molar-refractivity contribution in [2.24, 2.45) is 0 Å². The van der Waals surface area contributed by atoms with Crippen LogP contribution in [0.1, 0.15) is 12.0 Å². The fourth-order valence-electron chi connectivity index (χ4n) is 1.19. The summed E-state index contributed by atoms with van der Waals surface area (Å²) in [6.45, 7) is 0.369. The Hall–Kier alpha value is -2.83. The maximum Gasteiger partial charge on any atom is 0.490 e. The normalized spacial score (nSPS) is 9.95. The van der Waals surface area contributed by atoms with Crippen molar-refractivity contribution in [3.63, 3.8) is 0 Å². The van der Waals surface area contributed by atoms with Crippen LogP contribution in [0.25, 0.3) is 0 Å². The zero-order chi connectivity index (χ0) is 17.3. The summed E-state index contributed by atoms with van der Waals surface area (Å²) >= 11 is 0. The SMILES string of the molecule is CN(CCC(=O)O)c1ccncc1C#N.O=C(O)C(F)(F)F. The molecule has 1 aromatic heterocycles. The molecule has 0 amide bonds. The van der Waals surface area contributed by atoms with Crippen LogP contribution in [-0.2, 0) is 9.59 Å². The van der Waals surface area contributed by atoms with E-state index in [4.69, 9.17) is 20.3 Å². The molecule has 0 aliphatic heterocycles. The Morgan fingerprint density at radius 3 is 2.36 bits per heavy atom. The van der Waals surface area contributed by atoms with Gasteiger partial charge in [-0.2, -0.15) is 18.4 Å². The minimum Gasteiger partial charge on any atom is -0.481 e. The van der Waals surface area contributed by atoms with Gasteiger partial charge in [0.05, 0.1) is 17.7 Å². The van der Waals surface area contributed by atoms with Crippen molar-refractivity contribution < 1.29 is 33.0 Å². The number of anilines is 1. The van der Waals surface area contributed by atoms with Gasteiger partial charge in [0.1, 0.15) is 6.07 Å². The van der Waals surface area contributed by atoms with Crippen LogP contribution in [0.15, 0.2) is 18.5 Å². The largest absolute Gasteiger partial charge is 0.490 e. The number of hydrogen-bond acceptors (Lipinski definition) is 5. The molecule has 2 N–H and O–H groups in total. The predicted octanol–water partition coefficient (Wildman–Crippen LogP) is 1.50. The molecule has 120 valence electrons. The van der Waals surface area contributed by atoms with Gasteiger partial charge in [-0.15, -0.1) is 0 Å². The molecule has 0 aliphatic rings. The van der Waals surface area contributed by atoms with Gasteiger partial charge in [-0.3, -0.25) is 9.78 Å². The number of rotatable bonds is 4. The van der Waals surface area contributed by atoms with Crippen molar-refractivity contribution in [3.8, 4) is 6.07 Å². The van der Waals surface area contributed by atoms with Crippen LogP contribution in [0.3, 0.4) is 0 Å². The summed E-state index contributed by atoms with van der Waals surface area (Å²) < 4.78 is 31.7. The van der Waals surface area contributed by atoms with Crippen LogP contribution in [0.5, 0.6) is 0 Å². The number of alkyl halides is 3. The standard InChI is InChI=1S/C10H11N3O2.C2HF3O2/c1-13(5-3-10(14)15)9-2-4-12-7-8(9)6-11;3-2(4,5)1(6)7/h2,4,7H,3,5H2,1H3,(H,14,15);(H,6,7). The number of carboxylic acids is 2. The van der Waals surface area contributed by atoms with Crippen LogP contribution >= 0.6 is 0 Å². The van der Waals surface area contributed by atoms with Crippen LogP contribution in [-0.4, -0.2) is 46.9 Å². The smallest absolute Gasteiger partial charge is 0.481 e. The van der Waals surface area contributed by atoms with E-state index in [-0.39, 0.29) is 6.42 Å². The number of aliphatic carboxylic acids is 2. The molecule has 10 heteroatoms. The van der Waals surface area contributed by atoms with Gasteiger partial charge in [0.15, 0.2) is 0 Å². The molecule has 0 atom stereocenters. The molecule has 0 saturated heterocycles. The number of aromatic nitrogens is 1. The molecule has 1 heterocycles. The van der Waals surface area contributed by atoms with Gasteiger partial charge in [0, 0.05) is 26.0 Å². The van der Waals surface area contributed by atoms with E-state index >= 15 is 0 Å². The van der Waals surface area contributed by atoms with Crippen molar-refractivity contribution >= 4 is 17.6 Å². The van der Waals surface area contributed by atoms with Gasteiger partial charge >= 0.3 is 18.1 Å². The monoisotopic (exact) mass is 319 g/mol. The zero-order valence-corrected chi connectivity index (χ0v) is 11.3. The number of pyridine rings is 1. The third-order valence-electron chi connectivity index (χ3n) is 2.23. The van der Waals surface area contributed by atoms with E-state index in [1.165, 1.54) is 6.20 Å². The Morgan fingerprint density at radius 2 is 1.95 bits per heavy atom. The molecule has 0 saturated carbocycles. The lowest BCUT2D eigenvalue weighted by Gasteiger charge is -2.18. The summed E-state index contributed by atoms with van der Waals surface area (Å²) in [6, 6.07) is 3.71. The Morgan fingerprint density at radius 1 is 1.41 bits per heavy atom. The average molecular weight is 319 g/mol. The summed E-state index contributed by atoms with van der Waals surface area (Å²) in [5, 5.41) is 24.5. The second-order valence-electron chi connectivity index (χ2n) is 3.87. The highest BCUT2D eigenvalue weighted by Crippen LogP contribution is 2.16. The van der Waals surface area contributed by atoms with Crippen LogP contribution in [0.4, 0.5) is 18.9 Å². The van der Waals surface area contributed by atoms with Crippen molar-refractivity contribution in [2.45, 2.75) is 12.6 Å². The van der Waals surface area contributed by atoms with E-state index in [1.54, 1.807) is 24.2 Å². The van der Waals surface area contributed by atoms with Crippen LogP contribution in [0, 0.1) is 11.3 Å². The molecule has 0 unspecified atom stereocenters. The van der Waals surface area contributed by atoms with Gasteiger partial charge in [-0.1, -0.05) is 0 Å². The van der Waals surface area contributed by atoms with Crippen LogP contribution in [0.2, 0.25) is 0 Å². The molecular formula is C12H12F3N3O4. The summed E-state index contributed by atoms with van der Waals surface area (Å²) in [7, 11) is 1.75. The lowest BCUT2D eigenvalue weighted by molar-refractivity contribution is -0.192. The molecule has 0 fully saturated rings. The Bertz CT molecular complexity index is 569. The molecule has 1 rings (SSSR count). The fourth-order valence-corrected chi connectivity index (χ4v) is 1.19. The lowest BCUT2D eigenvalue weighted by Crippen LogP contribution is -2.21. The number of nitriles is 1. The van der Waals surface area contributed by atoms with Crippen molar-refractivity contribution in [3.05, 3.63) is 24.0 Å². The van der Waals surface area contributed by atoms with Gasteiger partial charge in [-0.25, -0.2) is 4.79 Å². The van der Waals surface area contributed by atoms with Gasteiger partial charge in [-0.05, 0) is 6.07 Å². The lowest BCUT2D eigenvalue weighted by atomic mass is 10.2. The Kier molecular flexibility index (Phi) is 7.37. The third-order valence-corrected chi connectivity index (χ3v) is 2.23. The minimum atomic E-state index is -5.08. The van der Waals surface area contributed by atoms with Crippen molar-refractivity contribution in [2.75, 3.05) is 18.5 Å². The Labute approximate surface area is 123 Å². The molecule has 0 bridgehead atoms. The predicted molar refractivity (Wildman–Crippen MR) is 68.2 cm³/mol. The first kappa shape index (κ1) is 19.2. The second kappa shape index (κ2) is 8.46. The molecule has 0 spiro atoms. The van der Waals surface area contributed by atoms with Crippen molar-refractivity contribution in [1.82, 2.24) is 4.98 Å².